The van der Waals surface area contributed by atoms with Crippen LogP contribution in [-0.2, 0) is 24.0 Å². The lowest BCUT2D eigenvalue weighted by Gasteiger charge is -2.22. The monoisotopic (exact) mass is 393 g/mol. The van der Waals surface area contributed by atoms with Crippen LogP contribution < -0.4 is 16.4 Å². The zero-order valence-electron chi connectivity index (χ0n) is 14.1. The van der Waals surface area contributed by atoms with Crippen LogP contribution in [0.15, 0.2) is 0 Å². The summed E-state index contributed by atoms with van der Waals surface area (Å²) in [6.45, 7) is 0. The number of aliphatic carboxylic acids is 3. The van der Waals surface area contributed by atoms with Crippen molar-refractivity contribution in [1.29, 1.82) is 0 Å². The van der Waals surface area contributed by atoms with Gasteiger partial charge < -0.3 is 31.7 Å². The fourth-order valence-electron chi connectivity index (χ4n) is 1.84. The second-order valence-corrected chi connectivity index (χ2v) is 6.36. The van der Waals surface area contributed by atoms with Gasteiger partial charge in [0.2, 0.25) is 11.8 Å². The van der Waals surface area contributed by atoms with Crippen LogP contribution in [0.4, 0.5) is 0 Å². The van der Waals surface area contributed by atoms with Gasteiger partial charge in [-0.15, -0.1) is 0 Å². The molecule has 148 valence electrons. The molecule has 0 aromatic carbocycles. The number of amides is 2. The molecule has 7 N–H and O–H groups in total. The summed E-state index contributed by atoms with van der Waals surface area (Å²) in [5.41, 5.74) is 5.57. The first-order valence-corrected chi connectivity index (χ1v) is 8.99. The maximum atomic E-state index is 12.2. The van der Waals surface area contributed by atoms with Crippen molar-refractivity contribution in [2.75, 3.05) is 12.0 Å². The number of nitrogens with two attached hydrogens (primary N) is 1. The molecule has 0 saturated carbocycles. The predicted molar refractivity (Wildman–Crippen MR) is 91.6 cm³/mol. The summed E-state index contributed by atoms with van der Waals surface area (Å²) in [5.74, 6) is -5.20. The third kappa shape index (κ3) is 9.84. The topological polar surface area (TPSA) is 196 Å². The standard InChI is InChI=1S/C14H23N3O8S/c1-26-5-4-8(16-12(22)7(15)2-3-10(18)19)13(23)17-9(14(24)25)6-11(20)21/h7-9H,2-6,15H2,1H3,(H,16,22)(H,17,23)(H,18,19)(H,20,21)(H,24,25)/t7-,8-,9-/m0/s1. The average Bonchev–Trinajstić information content (AvgIpc) is 2.54. The zero-order chi connectivity index (χ0) is 20.3. The van der Waals surface area contributed by atoms with Crippen LogP contribution in [0.5, 0.6) is 0 Å². The van der Waals surface area contributed by atoms with Crippen LogP contribution >= 0.6 is 11.8 Å². The van der Waals surface area contributed by atoms with Crippen molar-refractivity contribution in [1.82, 2.24) is 10.6 Å². The molecular weight excluding hydrogens is 370 g/mol. The van der Waals surface area contributed by atoms with Gasteiger partial charge in [0.15, 0.2) is 0 Å². The van der Waals surface area contributed by atoms with Gasteiger partial charge in [0.25, 0.3) is 0 Å². The minimum atomic E-state index is -1.64. The van der Waals surface area contributed by atoms with Crippen LogP contribution in [0.1, 0.15) is 25.7 Å². The van der Waals surface area contributed by atoms with Gasteiger partial charge in [-0.25, -0.2) is 4.79 Å². The van der Waals surface area contributed by atoms with Crippen molar-refractivity contribution in [2.45, 2.75) is 43.8 Å². The lowest BCUT2D eigenvalue weighted by atomic mass is 10.1. The van der Waals surface area contributed by atoms with Crippen molar-refractivity contribution >= 4 is 41.5 Å². The normalized spacial score (nSPS) is 13.9. The van der Waals surface area contributed by atoms with Crippen LogP contribution in [-0.4, -0.2) is 75.2 Å². The van der Waals surface area contributed by atoms with E-state index in [4.69, 9.17) is 21.1 Å². The number of hydrogen-bond acceptors (Lipinski definition) is 7. The Hall–Kier alpha value is -2.34. The summed E-state index contributed by atoms with van der Waals surface area (Å²) >= 11 is 1.38. The third-order valence-corrected chi connectivity index (χ3v) is 3.89. The van der Waals surface area contributed by atoms with Crippen LogP contribution in [0, 0.1) is 0 Å². The Balaban J connectivity index is 4.96. The molecule has 3 atom stereocenters. The van der Waals surface area contributed by atoms with Gasteiger partial charge >= 0.3 is 17.9 Å². The number of carboxylic acids is 3. The smallest absolute Gasteiger partial charge is 0.326 e. The van der Waals surface area contributed by atoms with Crippen molar-refractivity contribution in [2.24, 2.45) is 5.73 Å². The first-order chi connectivity index (χ1) is 12.1. The zero-order valence-corrected chi connectivity index (χ0v) is 15.0. The van der Waals surface area contributed by atoms with E-state index in [9.17, 15) is 24.0 Å². The minimum absolute atomic E-state index is 0.130. The highest BCUT2D eigenvalue weighted by atomic mass is 32.2. The van der Waals surface area contributed by atoms with E-state index < -0.39 is 54.3 Å². The number of rotatable bonds is 13. The maximum Gasteiger partial charge on any atom is 0.326 e. The molecule has 11 nitrogen and oxygen atoms in total. The first kappa shape index (κ1) is 23.7. The Bertz CT molecular complexity index is 542. The molecule has 0 aromatic heterocycles. The van der Waals surface area contributed by atoms with Crippen molar-refractivity contribution in [3.05, 3.63) is 0 Å². The molecule has 2 amide bonds. The van der Waals surface area contributed by atoms with Gasteiger partial charge in [-0.05, 0) is 24.9 Å². The van der Waals surface area contributed by atoms with Gasteiger partial charge in [0, 0.05) is 6.42 Å². The van der Waals surface area contributed by atoms with E-state index in [0.29, 0.717) is 5.75 Å². The molecule has 0 aliphatic heterocycles. The summed E-state index contributed by atoms with van der Waals surface area (Å²) in [7, 11) is 0. The summed E-state index contributed by atoms with van der Waals surface area (Å²) < 4.78 is 0. The molecule has 0 fully saturated rings. The first-order valence-electron chi connectivity index (χ1n) is 7.60. The van der Waals surface area contributed by atoms with Gasteiger partial charge in [0.1, 0.15) is 12.1 Å². The van der Waals surface area contributed by atoms with Crippen LogP contribution in [0.3, 0.4) is 0 Å². The predicted octanol–water partition coefficient (Wildman–Crippen LogP) is -1.54. The second kappa shape index (κ2) is 12.1. The highest BCUT2D eigenvalue weighted by Crippen LogP contribution is 2.04. The summed E-state index contributed by atoms with van der Waals surface area (Å²) in [6.07, 6.45) is 0.650. The van der Waals surface area contributed by atoms with Crippen molar-refractivity contribution < 1.29 is 39.3 Å². The van der Waals surface area contributed by atoms with E-state index in [2.05, 4.69) is 10.6 Å². The molecule has 26 heavy (non-hydrogen) atoms. The average molecular weight is 393 g/mol. The number of nitrogens with one attached hydrogen (secondary N) is 2. The third-order valence-electron chi connectivity index (χ3n) is 3.24. The summed E-state index contributed by atoms with van der Waals surface area (Å²) in [5, 5.41) is 30.7. The number of carbonyl (C=O) groups excluding carboxylic acids is 2. The fraction of sp³-hybridized carbons (Fsp3) is 0.643. The number of thioether (sulfide) groups is 1. The maximum absolute atomic E-state index is 12.2. The number of carbonyl (C=O) groups is 5. The minimum Gasteiger partial charge on any atom is -0.481 e. The van der Waals surface area contributed by atoms with E-state index >= 15 is 0 Å². The van der Waals surface area contributed by atoms with Crippen molar-refractivity contribution in [3.63, 3.8) is 0 Å². The van der Waals surface area contributed by atoms with Gasteiger partial charge in [-0.3, -0.25) is 19.2 Å². The molecule has 0 aliphatic carbocycles. The lowest BCUT2D eigenvalue weighted by Crippen LogP contribution is -2.55. The van der Waals surface area contributed by atoms with E-state index in [1.54, 1.807) is 6.26 Å². The SMILES string of the molecule is CSCC[C@H](NC(=O)[C@@H](N)CCC(=O)O)C(=O)N[C@@H](CC(=O)O)C(=O)O. The summed E-state index contributed by atoms with van der Waals surface area (Å²) in [6, 6.07) is -3.92. The number of carboxylic acid groups (broad SMARTS) is 3. The Kier molecular flexibility index (Phi) is 11.0. The molecule has 12 heteroatoms. The highest BCUT2D eigenvalue weighted by Gasteiger charge is 2.29. The Morgan fingerprint density at radius 3 is 1.96 bits per heavy atom. The lowest BCUT2D eigenvalue weighted by molar-refractivity contribution is -0.147. The molecule has 0 bridgehead atoms. The summed E-state index contributed by atoms with van der Waals surface area (Å²) in [4.78, 5) is 56.5. The molecule has 0 radical (unpaired) electrons. The second-order valence-electron chi connectivity index (χ2n) is 5.38. The molecular formula is C14H23N3O8S. The molecule has 0 aromatic rings. The molecule has 0 aliphatic rings. The van der Waals surface area contributed by atoms with Crippen LogP contribution in [0.25, 0.3) is 0 Å². The van der Waals surface area contributed by atoms with E-state index in [1.165, 1.54) is 11.8 Å². The quantitative estimate of drug-likeness (QED) is 0.213. The Morgan fingerprint density at radius 2 is 1.50 bits per heavy atom. The van der Waals surface area contributed by atoms with Gasteiger partial charge in [-0.1, -0.05) is 0 Å². The van der Waals surface area contributed by atoms with E-state index in [0.717, 1.165) is 0 Å². The molecule has 0 saturated heterocycles. The Morgan fingerprint density at radius 1 is 0.923 bits per heavy atom. The molecule has 0 unspecified atom stereocenters. The largest absolute Gasteiger partial charge is 0.481 e. The van der Waals surface area contributed by atoms with Crippen LogP contribution in [0.2, 0.25) is 0 Å². The van der Waals surface area contributed by atoms with Gasteiger partial charge in [0.05, 0.1) is 12.5 Å². The van der Waals surface area contributed by atoms with E-state index in [1.807, 2.05) is 0 Å². The molecule has 0 spiro atoms. The highest BCUT2D eigenvalue weighted by molar-refractivity contribution is 7.98. The Labute approximate surface area is 153 Å². The molecule has 0 heterocycles. The number of hydrogen-bond donors (Lipinski definition) is 6. The molecule has 0 rings (SSSR count). The van der Waals surface area contributed by atoms with Gasteiger partial charge in [-0.2, -0.15) is 11.8 Å². The van der Waals surface area contributed by atoms with Crippen molar-refractivity contribution in [3.8, 4) is 0 Å². The fourth-order valence-corrected chi connectivity index (χ4v) is 2.31. The van der Waals surface area contributed by atoms with E-state index in [-0.39, 0.29) is 19.3 Å².